The summed E-state index contributed by atoms with van der Waals surface area (Å²) in [6.07, 6.45) is 3.70. The summed E-state index contributed by atoms with van der Waals surface area (Å²) in [5, 5.41) is 11.2. The minimum absolute atomic E-state index is 1.07. The van der Waals surface area contributed by atoms with Gasteiger partial charge in [-0.1, -0.05) is 24.3 Å². The standard InChI is InChI=1S/C20H12N2S2/c1-3-15(19-21-5-7-23-19)11-17-10-14-2-4-16(20-22-6-8-24-20)12-18(14)9-13(1)17/h1-12H. The largest absolute Gasteiger partial charge is 0.245 e. The molecule has 0 amide bonds. The number of hydrogen-bond acceptors (Lipinski definition) is 4. The molecule has 3 aromatic carbocycles. The monoisotopic (exact) mass is 344 g/mol. The van der Waals surface area contributed by atoms with Crippen molar-refractivity contribution in [3.8, 4) is 21.1 Å². The topological polar surface area (TPSA) is 25.8 Å². The van der Waals surface area contributed by atoms with E-state index in [0.29, 0.717) is 0 Å². The lowest BCUT2D eigenvalue weighted by Gasteiger charge is -2.06. The van der Waals surface area contributed by atoms with E-state index in [9.17, 15) is 0 Å². The molecule has 2 nitrogen and oxygen atoms in total. The molecule has 0 atom stereocenters. The first-order valence-electron chi connectivity index (χ1n) is 7.64. The average molecular weight is 344 g/mol. The van der Waals surface area contributed by atoms with Gasteiger partial charge in [-0.25, -0.2) is 9.97 Å². The Balaban J connectivity index is 1.68. The van der Waals surface area contributed by atoms with Crippen LogP contribution in [0, 0.1) is 0 Å². The quantitative estimate of drug-likeness (QED) is 0.354. The van der Waals surface area contributed by atoms with Gasteiger partial charge in [0.1, 0.15) is 10.0 Å². The molecule has 0 bridgehead atoms. The number of thiazole rings is 2. The van der Waals surface area contributed by atoms with E-state index in [1.54, 1.807) is 22.7 Å². The van der Waals surface area contributed by atoms with Gasteiger partial charge in [-0.2, -0.15) is 0 Å². The molecule has 0 aliphatic rings. The zero-order valence-corrected chi connectivity index (χ0v) is 14.3. The summed E-state index contributed by atoms with van der Waals surface area (Å²) in [7, 11) is 0. The molecule has 114 valence electrons. The van der Waals surface area contributed by atoms with Gasteiger partial charge < -0.3 is 0 Å². The summed E-state index contributed by atoms with van der Waals surface area (Å²) in [4.78, 5) is 8.82. The number of benzene rings is 3. The van der Waals surface area contributed by atoms with Gasteiger partial charge >= 0.3 is 0 Å². The van der Waals surface area contributed by atoms with Crippen molar-refractivity contribution in [3.05, 3.63) is 71.7 Å². The zero-order valence-electron chi connectivity index (χ0n) is 12.6. The fourth-order valence-electron chi connectivity index (χ4n) is 3.00. The van der Waals surface area contributed by atoms with Crippen LogP contribution in [0.25, 0.3) is 42.7 Å². The van der Waals surface area contributed by atoms with E-state index >= 15 is 0 Å². The minimum Gasteiger partial charge on any atom is -0.245 e. The van der Waals surface area contributed by atoms with Gasteiger partial charge in [0.05, 0.1) is 0 Å². The second-order valence-corrected chi connectivity index (χ2v) is 7.44. The molecular formula is C20H12N2S2. The molecule has 5 rings (SSSR count). The number of hydrogen-bond donors (Lipinski definition) is 0. The molecule has 0 spiro atoms. The highest BCUT2D eigenvalue weighted by Crippen LogP contribution is 2.31. The summed E-state index contributed by atoms with van der Waals surface area (Å²) in [6.45, 7) is 0. The molecule has 0 unspecified atom stereocenters. The van der Waals surface area contributed by atoms with Crippen molar-refractivity contribution in [3.63, 3.8) is 0 Å². The first-order valence-corrected chi connectivity index (χ1v) is 9.40. The van der Waals surface area contributed by atoms with E-state index < -0.39 is 0 Å². The minimum atomic E-state index is 1.07. The van der Waals surface area contributed by atoms with Crippen LogP contribution >= 0.6 is 22.7 Å². The van der Waals surface area contributed by atoms with Gasteiger partial charge in [0, 0.05) is 34.3 Å². The van der Waals surface area contributed by atoms with Crippen LogP contribution in [0.1, 0.15) is 0 Å². The zero-order chi connectivity index (χ0) is 15.9. The van der Waals surface area contributed by atoms with Gasteiger partial charge in [-0.15, -0.1) is 22.7 Å². The molecule has 0 N–H and O–H groups in total. The maximum atomic E-state index is 4.41. The third-order valence-corrected chi connectivity index (χ3v) is 5.80. The normalized spacial score (nSPS) is 11.3. The number of rotatable bonds is 2. The Labute approximate surface area is 147 Å². The van der Waals surface area contributed by atoms with Crippen LogP contribution in [0.15, 0.2) is 71.7 Å². The predicted molar refractivity (Wildman–Crippen MR) is 104 cm³/mol. The Morgan fingerprint density at radius 1 is 0.542 bits per heavy atom. The van der Waals surface area contributed by atoms with Crippen LogP contribution in [0.4, 0.5) is 0 Å². The third kappa shape index (κ3) is 2.31. The SMILES string of the molecule is c1csc(-c2ccc3cc4cc(-c5nccs5)ccc4cc3c2)n1. The molecule has 24 heavy (non-hydrogen) atoms. The van der Waals surface area contributed by atoms with Crippen molar-refractivity contribution in [2.75, 3.05) is 0 Å². The lowest BCUT2D eigenvalue weighted by molar-refractivity contribution is 1.42. The fraction of sp³-hybridized carbons (Fsp3) is 0. The van der Waals surface area contributed by atoms with Gasteiger partial charge in [-0.05, 0) is 45.8 Å². The first kappa shape index (κ1) is 13.8. The van der Waals surface area contributed by atoms with Crippen LogP contribution in [0.5, 0.6) is 0 Å². The van der Waals surface area contributed by atoms with Crippen molar-refractivity contribution < 1.29 is 0 Å². The molecule has 0 radical (unpaired) electrons. The number of fused-ring (bicyclic) bond motifs is 2. The van der Waals surface area contributed by atoms with Crippen LogP contribution < -0.4 is 0 Å². The third-order valence-electron chi connectivity index (χ3n) is 4.15. The van der Waals surface area contributed by atoms with Gasteiger partial charge in [0.25, 0.3) is 0 Å². The number of aromatic nitrogens is 2. The molecule has 0 aliphatic heterocycles. The maximum absolute atomic E-state index is 4.41. The molecule has 5 aromatic rings. The van der Waals surface area contributed by atoms with Crippen molar-refractivity contribution in [1.82, 2.24) is 9.97 Å². The molecule has 2 aromatic heterocycles. The van der Waals surface area contributed by atoms with E-state index in [0.717, 1.165) is 10.0 Å². The van der Waals surface area contributed by atoms with E-state index in [-0.39, 0.29) is 0 Å². The molecule has 0 aliphatic carbocycles. The molecule has 0 saturated carbocycles. The molecule has 0 saturated heterocycles. The Kier molecular flexibility index (Phi) is 3.18. The summed E-state index contributed by atoms with van der Waals surface area (Å²) < 4.78 is 0. The Bertz CT molecular complexity index is 1050. The van der Waals surface area contributed by atoms with E-state index in [1.807, 2.05) is 23.2 Å². The number of nitrogens with zero attached hydrogens (tertiary/aromatic N) is 2. The molecule has 2 heterocycles. The van der Waals surface area contributed by atoms with Crippen LogP contribution in [-0.4, -0.2) is 9.97 Å². The van der Waals surface area contributed by atoms with Crippen molar-refractivity contribution in [2.24, 2.45) is 0 Å². The first-order chi connectivity index (χ1) is 11.9. The highest BCUT2D eigenvalue weighted by molar-refractivity contribution is 7.13. The van der Waals surface area contributed by atoms with E-state index in [2.05, 4.69) is 58.5 Å². The van der Waals surface area contributed by atoms with Crippen LogP contribution in [0.2, 0.25) is 0 Å². The van der Waals surface area contributed by atoms with Gasteiger partial charge in [0.2, 0.25) is 0 Å². The molecule has 4 heteroatoms. The predicted octanol–water partition coefficient (Wildman–Crippen LogP) is 6.24. The van der Waals surface area contributed by atoms with Crippen molar-refractivity contribution in [2.45, 2.75) is 0 Å². The lowest BCUT2D eigenvalue weighted by atomic mass is 10.0. The Morgan fingerprint density at radius 3 is 1.46 bits per heavy atom. The highest BCUT2D eigenvalue weighted by atomic mass is 32.1. The lowest BCUT2D eigenvalue weighted by Crippen LogP contribution is -1.81. The fourth-order valence-corrected chi connectivity index (χ4v) is 4.27. The van der Waals surface area contributed by atoms with E-state index in [1.165, 1.54) is 32.7 Å². The van der Waals surface area contributed by atoms with Crippen LogP contribution in [0.3, 0.4) is 0 Å². The van der Waals surface area contributed by atoms with Gasteiger partial charge in [0.15, 0.2) is 0 Å². The average Bonchev–Trinajstić information content (AvgIpc) is 3.32. The Hall–Kier alpha value is -2.56. The summed E-state index contributed by atoms with van der Waals surface area (Å²) >= 11 is 3.34. The van der Waals surface area contributed by atoms with Crippen molar-refractivity contribution >= 4 is 44.2 Å². The summed E-state index contributed by atoms with van der Waals surface area (Å²) in [5.74, 6) is 0. The molecule has 0 fully saturated rings. The summed E-state index contributed by atoms with van der Waals surface area (Å²) in [5.41, 5.74) is 2.35. The Morgan fingerprint density at radius 2 is 1.04 bits per heavy atom. The second kappa shape index (κ2) is 5.51. The van der Waals surface area contributed by atoms with E-state index in [4.69, 9.17) is 0 Å². The van der Waals surface area contributed by atoms with Gasteiger partial charge in [-0.3, -0.25) is 0 Å². The summed E-state index contributed by atoms with van der Waals surface area (Å²) in [6, 6.07) is 17.6. The van der Waals surface area contributed by atoms with Crippen molar-refractivity contribution in [1.29, 1.82) is 0 Å². The smallest absolute Gasteiger partial charge is 0.123 e. The second-order valence-electron chi connectivity index (χ2n) is 5.65. The highest BCUT2D eigenvalue weighted by Gasteiger charge is 2.06. The van der Waals surface area contributed by atoms with Crippen LogP contribution in [-0.2, 0) is 0 Å². The maximum Gasteiger partial charge on any atom is 0.123 e. The molecular weight excluding hydrogens is 332 g/mol.